The second-order valence-electron chi connectivity index (χ2n) is 4.76. The lowest BCUT2D eigenvalue weighted by Crippen LogP contribution is -2.48. The number of hydrogen-bond acceptors (Lipinski definition) is 3. The molecule has 1 unspecified atom stereocenters. The summed E-state index contributed by atoms with van der Waals surface area (Å²) < 4.78 is 5.74. The summed E-state index contributed by atoms with van der Waals surface area (Å²) in [6.45, 7) is 4.17. The number of Topliss-reactive ketones (excluding diaryl/α,β-unsaturated/α-hetero) is 1. The molecule has 0 radical (unpaired) electrons. The molecule has 1 aromatic carbocycles. The maximum Gasteiger partial charge on any atom is 0.407 e. The molecule has 1 aromatic rings. The van der Waals surface area contributed by atoms with Gasteiger partial charge < -0.3 is 14.7 Å². The lowest BCUT2D eigenvalue weighted by molar-refractivity contribution is -0.129. The maximum absolute atomic E-state index is 11.9. The van der Waals surface area contributed by atoms with E-state index in [0.717, 1.165) is 16.0 Å². The van der Waals surface area contributed by atoms with Gasteiger partial charge in [-0.25, -0.2) is 4.79 Å². The van der Waals surface area contributed by atoms with Crippen LogP contribution in [0.15, 0.2) is 18.2 Å². The van der Waals surface area contributed by atoms with Crippen LogP contribution in [0, 0.1) is 13.8 Å². The Labute approximate surface area is 111 Å². The SMILES string of the molecule is Cc1cccc(OC2CCN(C(=O)O)CC2=O)c1C. The van der Waals surface area contributed by atoms with E-state index in [2.05, 4.69) is 0 Å². The van der Waals surface area contributed by atoms with Crippen molar-refractivity contribution in [1.29, 1.82) is 0 Å². The smallest absolute Gasteiger partial charge is 0.407 e. The number of ether oxygens (including phenoxy) is 1. The highest BCUT2D eigenvalue weighted by atomic mass is 16.5. The van der Waals surface area contributed by atoms with Gasteiger partial charge in [0, 0.05) is 13.0 Å². The summed E-state index contributed by atoms with van der Waals surface area (Å²) >= 11 is 0. The van der Waals surface area contributed by atoms with E-state index in [4.69, 9.17) is 9.84 Å². The molecule has 0 bridgehead atoms. The first-order valence-electron chi connectivity index (χ1n) is 6.22. The molecule has 1 fully saturated rings. The zero-order valence-corrected chi connectivity index (χ0v) is 11.0. The monoisotopic (exact) mass is 263 g/mol. The summed E-state index contributed by atoms with van der Waals surface area (Å²) in [5, 5.41) is 8.85. The van der Waals surface area contributed by atoms with Crippen LogP contribution >= 0.6 is 0 Å². The molecular formula is C14H17NO4. The standard InChI is InChI=1S/C14H17NO4/c1-9-4-3-5-12(10(9)2)19-13-6-7-15(14(17)18)8-11(13)16/h3-5,13H,6-8H2,1-2H3,(H,17,18). The average Bonchev–Trinajstić information content (AvgIpc) is 2.37. The van der Waals surface area contributed by atoms with Crippen LogP contribution < -0.4 is 4.74 Å². The summed E-state index contributed by atoms with van der Waals surface area (Å²) in [7, 11) is 0. The Hall–Kier alpha value is -2.04. The van der Waals surface area contributed by atoms with Crippen molar-refractivity contribution in [2.45, 2.75) is 26.4 Å². The minimum absolute atomic E-state index is 0.0924. The van der Waals surface area contributed by atoms with Gasteiger partial charge in [0.2, 0.25) is 0 Å². The highest BCUT2D eigenvalue weighted by molar-refractivity contribution is 5.88. The van der Waals surface area contributed by atoms with Crippen LogP contribution in [0.3, 0.4) is 0 Å². The number of aryl methyl sites for hydroxylation is 1. The van der Waals surface area contributed by atoms with Crippen LogP contribution in [-0.4, -0.2) is 41.1 Å². The number of rotatable bonds is 2. The lowest BCUT2D eigenvalue weighted by Gasteiger charge is -2.29. The Balaban J connectivity index is 2.07. The van der Waals surface area contributed by atoms with Gasteiger partial charge in [0.1, 0.15) is 5.75 Å². The van der Waals surface area contributed by atoms with Gasteiger partial charge in [-0.05, 0) is 31.0 Å². The fourth-order valence-electron chi connectivity index (χ4n) is 2.10. The largest absolute Gasteiger partial charge is 0.482 e. The van der Waals surface area contributed by atoms with E-state index in [-0.39, 0.29) is 12.3 Å². The van der Waals surface area contributed by atoms with Crippen LogP contribution in [0.2, 0.25) is 0 Å². The minimum Gasteiger partial charge on any atom is -0.482 e. The van der Waals surface area contributed by atoms with Crippen LogP contribution in [0.4, 0.5) is 4.79 Å². The summed E-state index contributed by atoms with van der Waals surface area (Å²) in [5.74, 6) is 0.511. The van der Waals surface area contributed by atoms with E-state index in [1.165, 1.54) is 0 Å². The van der Waals surface area contributed by atoms with Gasteiger partial charge in [-0.3, -0.25) is 4.79 Å². The Bertz CT molecular complexity index is 512. The topological polar surface area (TPSA) is 66.8 Å². The Kier molecular flexibility index (Phi) is 3.74. The molecule has 0 saturated carbocycles. The quantitative estimate of drug-likeness (QED) is 0.886. The number of benzene rings is 1. The van der Waals surface area contributed by atoms with E-state index in [1.807, 2.05) is 32.0 Å². The maximum atomic E-state index is 11.9. The number of likely N-dealkylation sites (tertiary alicyclic amines) is 1. The molecule has 19 heavy (non-hydrogen) atoms. The molecular weight excluding hydrogens is 246 g/mol. The first-order valence-corrected chi connectivity index (χ1v) is 6.22. The van der Waals surface area contributed by atoms with Crippen molar-refractivity contribution in [2.24, 2.45) is 0 Å². The molecule has 5 nitrogen and oxygen atoms in total. The predicted octanol–water partition coefficient (Wildman–Crippen LogP) is 2.00. The molecule has 1 amide bonds. The third-order valence-corrected chi connectivity index (χ3v) is 3.46. The third kappa shape index (κ3) is 2.86. The van der Waals surface area contributed by atoms with Crippen LogP contribution in [0.5, 0.6) is 5.75 Å². The zero-order chi connectivity index (χ0) is 14.0. The third-order valence-electron chi connectivity index (χ3n) is 3.46. The van der Waals surface area contributed by atoms with E-state index in [0.29, 0.717) is 18.7 Å². The molecule has 1 saturated heterocycles. The highest BCUT2D eigenvalue weighted by Gasteiger charge is 2.31. The van der Waals surface area contributed by atoms with Gasteiger partial charge in [-0.15, -0.1) is 0 Å². The molecule has 1 aliphatic heterocycles. The Morgan fingerprint density at radius 1 is 1.42 bits per heavy atom. The number of hydrogen-bond donors (Lipinski definition) is 1. The van der Waals surface area contributed by atoms with E-state index >= 15 is 0 Å². The van der Waals surface area contributed by atoms with E-state index < -0.39 is 12.2 Å². The molecule has 0 spiro atoms. The second-order valence-corrected chi connectivity index (χ2v) is 4.76. The normalized spacial score (nSPS) is 19.4. The van der Waals surface area contributed by atoms with Gasteiger partial charge in [0.25, 0.3) is 0 Å². The first-order chi connectivity index (χ1) is 8.99. The fraction of sp³-hybridized carbons (Fsp3) is 0.429. The molecule has 2 rings (SSSR count). The van der Waals surface area contributed by atoms with E-state index in [9.17, 15) is 9.59 Å². The average molecular weight is 263 g/mol. The summed E-state index contributed by atoms with van der Waals surface area (Å²) in [4.78, 5) is 23.8. The molecule has 1 atom stereocenters. The summed E-state index contributed by atoms with van der Waals surface area (Å²) in [5.41, 5.74) is 2.11. The first kappa shape index (κ1) is 13.4. The van der Waals surface area contributed by atoms with Gasteiger partial charge in [-0.1, -0.05) is 12.1 Å². The van der Waals surface area contributed by atoms with Crippen molar-refractivity contribution < 1.29 is 19.4 Å². The number of carboxylic acid groups (broad SMARTS) is 1. The Morgan fingerprint density at radius 3 is 2.79 bits per heavy atom. The molecule has 0 aliphatic carbocycles. The van der Waals surface area contributed by atoms with Crippen molar-refractivity contribution in [3.8, 4) is 5.75 Å². The number of amides is 1. The number of carbonyl (C=O) groups is 2. The summed E-state index contributed by atoms with van der Waals surface area (Å²) in [6, 6.07) is 5.70. The molecule has 1 N–H and O–H groups in total. The molecule has 5 heteroatoms. The second kappa shape index (κ2) is 5.30. The molecule has 102 valence electrons. The van der Waals surface area contributed by atoms with Gasteiger partial charge in [-0.2, -0.15) is 0 Å². The van der Waals surface area contributed by atoms with Gasteiger partial charge in [0.15, 0.2) is 11.9 Å². The van der Waals surface area contributed by atoms with Crippen LogP contribution in [0.1, 0.15) is 17.5 Å². The fourth-order valence-corrected chi connectivity index (χ4v) is 2.10. The molecule has 1 aliphatic rings. The van der Waals surface area contributed by atoms with Gasteiger partial charge in [0.05, 0.1) is 6.54 Å². The zero-order valence-electron chi connectivity index (χ0n) is 11.0. The lowest BCUT2D eigenvalue weighted by atomic mass is 10.1. The summed E-state index contributed by atoms with van der Waals surface area (Å²) in [6.07, 6.45) is -1.20. The van der Waals surface area contributed by atoms with Crippen molar-refractivity contribution in [2.75, 3.05) is 13.1 Å². The van der Waals surface area contributed by atoms with Crippen LogP contribution in [-0.2, 0) is 4.79 Å². The number of piperidine rings is 1. The van der Waals surface area contributed by atoms with Crippen molar-refractivity contribution >= 4 is 11.9 Å². The van der Waals surface area contributed by atoms with Crippen molar-refractivity contribution in [3.05, 3.63) is 29.3 Å². The number of ketones is 1. The number of carbonyl (C=O) groups excluding carboxylic acids is 1. The van der Waals surface area contributed by atoms with Crippen molar-refractivity contribution in [3.63, 3.8) is 0 Å². The Morgan fingerprint density at radius 2 is 2.16 bits per heavy atom. The van der Waals surface area contributed by atoms with E-state index in [1.54, 1.807) is 0 Å². The number of nitrogens with zero attached hydrogens (tertiary/aromatic N) is 1. The highest BCUT2D eigenvalue weighted by Crippen LogP contribution is 2.23. The minimum atomic E-state index is -1.06. The van der Waals surface area contributed by atoms with Gasteiger partial charge >= 0.3 is 6.09 Å². The predicted molar refractivity (Wildman–Crippen MR) is 69.6 cm³/mol. The molecule has 1 heterocycles. The van der Waals surface area contributed by atoms with Crippen LogP contribution in [0.25, 0.3) is 0 Å². The van der Waals surface area contributed by atoms with Crippen molar-refractivity contribution in [1.82, 2.24) is 4.90 Å². The molecule has 0 aromatic heterocycles.